The molecular weight excluding hydrogens is 300 g/mol. The molecule has 4 heteroatoms. The molecule has 3 aromatic rings. The number of rotatable bonds is 5. The lowest BCUT2D eigenvalue weighted by molar-refractivity contribution is -0.115. The third-order valence-corrected chi connectivity index (χ3v) is 3.42. The summed E-state index contributed by atoms with van der Waals surface area (Å²) >= 11 is 0. The first-order valence-corrected chi connectivity index (χ1v) is 7.73. The van der Waals surface area contributed by atoms with Crippen LogP contribution in [0.5, 0.6) is 11.5 Å². The van der Waals surface area contributed by atoms with E-state index in [1.807, 2.05) is 67.6 Å². The number of pyridine rings is 1. The number of hydrogen-bond donors (Lipinski definition) is 1. The molecule has 1 amide bonds. The van der Waals surface area contributed by atoms with E-state index in [9.17, 15) is 4.79 Å². The van der Waals surface area contributed by atoms with Gasteiger partial charge in [0.25, 0.3) is 0 Å². The molecule has 0 radical (unpaired) electrons. The van der Waals surface area contributed by atoms with Crippen molar-refractivity contribution in [1.82, 2.24) is 4.98 Å². The van der Waals surface area contributed by atoms with Crippen molar-refractivity contribution in [3.8, 4) is 11.5 Å². The summed E-state index contributed by atoms with van der Waals surface area (Å²) in [7, 11) is 0. The third-order valence-electron chi connectivity index (χ3n) is 3.42. The zero-order valence-corrected chi connectivity index (χ0v) is 13.4. The molecule has 0 saturated heterocycles. The van der Waals surface area contributed by atoms with Crippen molar-refractivity contribution in [2.45, 2.75) is 13.3 Å². The molecule has 0 aliphatic rings. The number of carbonyl (C=O) groups excluding carboxylic acids is 1. The van der Waals surface area contributed by atoms with Gasteiger partial charge in [0.1, 0.15) is 17.3 Å². The van der Waals surface area contributed by atoms with Crippen LogP contribution in [0.1, 0.15) is 11.1 Å². The molecule has 1 N–H and O–H groups in total. The standard InChI is InChI=1S/C20H18N2O2/c1-15-10-11-19(21-14-15)22-20(23)13-16-6-5-9-18(12-16)24-17-7-3-2-4-8-17/h2-12,14H,13H2,1H3,(H,21,22,23). The highest BCUT2D eigenvalue weighted by molar-refractivity contribution is 5.91. The minimum absolute atomic E-state index is 0.108. The monoisotopic (exact) mass is 318 g/mol. The maximum Gasteiger partial charge on any atom is 0.229 e. The normalized spacial score (nSPS) is 10.2. The number of benzene rings is 2. The zero-order valence-electron chi connectivity index (χ0n) is 13.4. The van der Waals surface area contributed by atoms with Crippen molar-refractivity contribution in [2.24, 2.45) is 0 Å². The molecule has 4 nitrogen and oxygen atoms in total. The van der Waals surface area contributed by atoms with Crippen molar-refractivity contribution < 1.29 is 9.53 Å². The highest BCUT2D eigenvalue weighted by Gasteiger charge is 2.06. The lowest BCUT2D eigenvalue weighted by Gasteiger charge is -2.08. The van der Waals surface area contributed by atoms with Crippen LogP contribution in [0.15, 0.2) is 72.9 Å². The third kappa shape index (κ3) is 4.43. The molecule has 1 heterocycles. The average molecular weight is 318 g/mol. The SMILES string of the molecule is Cc1ccc(NC(=O)Cc2cccc(Oc3ccccc3)c2)nc1. The van der Waals surface area contributed by atoms with E-state index in [0.29, 0.717) is 11.6 Å². The Morgan fingerprint density at radius 1 is 1.00 bits per heavy atom. The van der Waals surface area contributed by atoms with Gasteiger partial charge in [0.05, 0.1) is 6.42 Å². The topological polar surface area (TPSA) is 51.2 Å². The van der Waals surface area contributed by atoms with Crippen LogP contribution in [0.3, 0.4) is 0 Å². The number of ether oxygens (including phenoxy) is 1. The Balaban J connectivity index is 1.63. The second kappa shape index (κ2) is 7.42. The Morgan fingerprint density at radius 2 is 1.79 bits per heavy atom. The van der Waals surface area contributed by atoms with E-state index in [1.165, 1.54) is 0 Å². The molecule has 2 aromatic carbocycles. The summed E-state index contributed by atoms with van der Waals surface area (Å²) in [5, 5.41) is 2.80. The van der Waals surface area contributed by atoms with E-state index in [1.54, 1.807) is 12.3 Å². The molecule has 0 saturated carbocycles. The Hall–Kier alpha value is -3.14. The maximum absolute atomic E-state index is 12.1. The Kier molecular flexibility index (Phi) is 4.87. The molecule has 24 heavy (non-hydrogen) atoms. The average Bonchev–Trinajstić information content (AvgIpc) is 2.58. The van der Waals surface area contributed by atoms with E-state index in [2.05, 4.69) is 10.3 Å². The van der Waals surface area contributed by atoms with Crippen molar-refractivity contribution in [2.75, 3.05) is 5.32 Å². The lowest BCUT2D eigenvalue weighted by atomic mass is 10.1. The van der Waals surface area contributed by atoms with Crippen molar-refractivity contribution in [1.29, 1.82) is 0 Å². The second-order valence-electron chi connectivity index (χ2n) is 5.51. The van der Waals surface area contributed by atoms with Gasteiger partial charge in [-0.3, -0.25) is 4.79 Å². The highest BCUT2D eigenvalue weighted by Crippen LogP contribution is 2.22. The minimum Gasteiger partial charge on any atom is -0.457 e. The molecule has 0 unspecified atom stereocenters. The Morgan fingerprint density at radius 3 is 2.54 bits per heavy atom. The van der Waals surface area contributed by atoms with Gasteiger partial charge in [0.2, 0.25) is 5.91 Å². The summed E-state index contributed by atoms with van der Waals surface area (Å²) < 4.78 is 5.79. The number of aromatic nitrogens is 1. The fraction of sp³-hybridized carbons (Fsp3) is 0.100. The van der Waals surface area contributed by atoms with Crippen LogP contribution in [0.4, 0.5) is 5.82 Å². The van der Waals surface area contributed by atoms with Gasteiger partial charge in [-0.2, -0.15) is 0 Å². The number of carbonyl (C=O) groups is 1. The van der Waals surface area contributed by atoms with Crippen LogP contribution in [-0.2, 0) is 11.2 Å². The van der Waals surface area contributed by atoms with Crippen molar-refractivity contribution in [3.63, 3.8) is 0 Å². The van der Waals surface area contributed by atoms with Gasteiger partial charge in [-0.05, 0) is 48.4 Å². The van der Waals surface area contributed by atoms with E-state index < -0.39 is 0 Å². The highest BCUT2D eigenvalue weighted by atomic mass is 16.5. The smallest absolute Gasteiger partial charge is 0.229 e. The fourth-order valence-electron chi connectivity index (χ4n) is 2.26. The maximum atomic E-state index is 12.1. The van der Waals surface area contributed by atoms with Gasteiger partial charge in [0.15, 0.2) is 0 Å². The van der Waals surface area contributed by atoms with Gasteiger partial charge < -0.3 is 10.1 Å². The molecule has 0 aliphatic heterocycles. The first-order valence-electron chi connectivity index (χ1n) is 7.73. The van der Waals surface area contributed by atoms with Gasteiger partial charge >= 0.3 is 0 Å². The summed E-state index contributed by atoms with van der Waals surface area (Å²) in [6.07, 6.45) is 1.99. The van der Waals surface area contributed by atoms with E-state index in [0.717, 1.165) is 16.9 Å². The van der Waals surface area contributed by atoms with E-state index in [4.69, 9.17) is 4.74 Å². The number of aryl methyl sites for hydroxylation is 1. The van der Waals surface area contributed by atoms with Crippen molar-refractivity contribution >= 4 is 11.7 Å². The van der Waals surface area contributed by atoms with Crippen LogP contribution in [0.2, 0.25) is 0 Å². The summed E-state index contributed by atoms with van der Waals surface area (Å²) in [5.74, 6) is 1.92. The van der Waals surface area contributed by atoms with E-state index in [-0.39, 0.29) is 12.3 Å². The molecule has 0 bridgehead atoms. The van der Waals surface area contributed by atoms with Crippen LogP contribution in [-0.4, -0.2) is 10.9 Å². The van der Waals surface area contributed by atoms with Crippen LogP contribution >= 0.6 is 0 Å². The number of para-hydroxylation sites is 1. The van der Waals surface area contributed by atoms with Gasteiger partial charge in [0, 0.05) is 6.20 Å². The number of hydrogen-bond acceptors (Lipinski definition) is 3. The summed E-state index contributed by atoms with van der Waals surface area (Å²) in [6.45, 7) is 1.96. The first kappa shape index (κ1) is 15.7. The molecular formula is C20H18N2O2. The Labute approximate surface area is 141 Å². The van der Waals surface area contributed by atoms with Gasteiger partial charge in [-0.15, -0.1) is 0 Å². The number of anilines is 1. The fourth-order valence-corrected chi connectivity index (χ4v) is 2.26. The predicted octanol–water partition coefficient (Wildman–Crippen LogP) is 4.36. The number of nitrogens with zero attached hydrogens (tertiary/aromatic N) is 1. The number of nitrogens with one attached hydrogen (secondary N) is 1. The quantitative estimate of drug-likeness (QED) is 0.760. The molecule has 1 aromatic heterocycles. The molecule has 3 rings (SSSR count). The summed E-state index contributed by atoms with van der Waals surface area (Å²) in [4.78, 5) is 16.3. The molecule has 0 fully saturated rings. The van der Waals surface area contributed by atoms with E-state index >= 15 is 0 Å². The molecule has 0 atom stereocenters. The molecule has 0 spiro atoms. The van der Waals surface area contributed by atoms with Gasteiger partial charge in [-0.25, -0.2) is 4.98 Å². The van der Waals surface area contributed by atoms with Crippen molar-refractivity contribution in [3.05, 3.63) is 84.1 Å². The summed E-state index contributed by atoms with van der Waals surface area (Å²) in [5.41, 5.74) is 1.94. The second-order valence-corrected chi connectivity index (χ2v) is 5.51. The van der Waals surface area contributed by atoms with Crippen LogP contribution in [0.25, 0.3) is 0 Å². The molecule has 0 aliphatic carbocycles. The predicted molar refractivity (Wildman–Crippen MR) is 94.3 cm³/mol. The number of amides is 1. The zero-order chi connectivity index (χ0) is 16.8. The Bertz CT molecular complexity index is 815. The van der Waals surface area contributed by atoms with Crippen LogP contribution in [0, 0.1) is 6.92 Å². The van der Waals surface area contributed by atoms with Crippen LogP contribution < -0.4 is 10.1 Å². The minimum atomic E-state index is -0.108. The largest absolute Gasteiger partial charge is 0.457 e. The van der Waals surface area contributed by atoms with Gasteiger partial charge in [-0.1, -0.05) is 36.4 Å². The lowest BCUT2D eigenvalue weighted by Crippen LogP contribution is -2.15. The molecule has 120 valence electrons. The first-order chi connectivity index (χ1) is 11.7. The summed E-state index contributed by atoms with van der Waals surface area (Å²) in [6, 6.07) is 20.8.